The van der Waals surface area contributed by atoms with E-state index in [4.69, 9.17) is 4.74 Å². The lowest BCUT2D eigenvalue weighted by Gasteiger charge is -2.06. The van der Waals surface area contributed by atoms with E-state index in [1.54, 1.807) is 18.2 Å². The zero-order chi connectivity index (χ0) is 11.6. The average molecular weight is 239 g/mol. The Morgan fingerprint density at radius 3 is 2.69 bits per heavy atom. The number of hydrogen-bond acceptors (Lipinski definition) is 5. The first-order valence-electron chi connectivity index (χ1n) is 4.49. The van der Waals surface area contributed by atoms with Gasteiger partial charge in [-0.2, -0.15) is 0 Å². The van der Waals surface area contributed by atoms with E-state index in [0.29, 0.717) is 0 Å². The van der Waals surface area contributed by atoms with Crippen molar-refractivity contribution in [2.75, 3.05) is 6.61 Å². The van der Waals surface area contributed by atoms with Gasteiger partial charge in [0, 0.05) is 6.20 Å². The third kappa shape index (κ3) is 2.06. The summed E-state index contributed by atoms with van der Waals surface area (Å²) in [5.74, 6) is 0.193. The van der Waals surface area contributed by atoms with Gasteiger partial charge in [0.1, 0.15) is 6.61 Å². The molecule has 2 rings (SSSR count). The van der Waals surface area contributed by atoms with Gasteiger partial charge in [0.05, 0.1) is 5.41 Å². The van der Waals surface area contributed by atoms with E-state index in [2.05, 4.69) is 4.99 Å². The smallest absolute Gasteiger partial charge is 0.218 e. The van der Waals surface area contributed by atoms with Crippen molar-refractivity contribution in [3.8, 4) is 11.5 Å². The lowest BCUT2D eigenvalue weighted by Crippen LogP contribution is -2.17. The number of aliphatic imine (C=N–C) groups is 1. The molecule has 1 N–H and O–H groups in total. The summed E-state index contributed by atoms with van der Waals surface area (Å²) in [6.07, 6.45) is 1.21. The molecule has 0 radical (unpaired) electrons. The van der Waals surface area contributed by atoms with Gasteiger partial charge in [-0.15, -0.1) is 0 Å². The van der Waals surface area contributed by atoms with E-state index < -0.39 is 9.84 Å². The third-order valence-corrected chi connectivity index (χ3v) is 3.36. The number of hydrogen-bond donors (Lipinski definition) is 1. The number of aromatic hydroxyl groups is 1. The van der Waals surface area contributed by atoms with E-state index in [1.165, 1.54) is 12.3 Å². The summed E-state index contributed by atoms with van der Waals surface area (Å²) >= 11 is 0. The van der Waals surface area contributed by atoms with Crippen molar-refractivity contribution in [2.24, 2.45) is 4.99 Å². The Morgan fingerprint density at radius 1 is 1.31 bits per heavy atom. The van der Waals surface area contributed by atoms with Crippen LogP contribution in [0.1, 0.15) is 0 Å². The Labute approximate surface area is 92.6 Å². The van der Waals surface area contributed by atoms with Crippen molar-refractivity contribution in [3.63, 3.8) is 0 Å². The highest BCUT2D eigenvalue weighted by Gasteiger charge is 2.21. The Bertz CT molecular complexity index is 560. The highest BCUT2D eigenvalue weighted by molar-refractivity contribution is 8.09. The van der Waals surface area contributed by atoms with Crippen LogP contribution in [-0.4, -0.2) is 25.2 Å². The summed E-state index contributed by atoms with van der Waals surface area (Å²) in [6.45, 7) is -0.188. The van der Waals surface area contributed by atoms with Crippen LogP contribution in [0.15, 0.2) is 40.9 Å². The Morgan fingerprint density at radius 2 is 2.06 bits per heavy atom. The molecule has 0 atom stereocenters. The maximum absolute atomic E-state index is 11.3. The number of ether oxygens (including phenoxy) is 1. The van der Waals surface area contributed by atoms with Crippen molar-refractivity contribution >= 4 is 14.9 Å². The van der Waals surface area contributed by atoms with Gasteiger partial charge >= 0.3 is 0 Å². The van der Waals surface area contributed by atoms with E-state index in [-0.39, 0.29) is 23.1 Å². The van der Waals surface area contributed by atoms with Crippen LogP contribution < -0.4 is 4.74 Å². The van der Waals surface area contributed by atoms with Gasteiger partial charge in [0.2, 0.25) is 9.84 Å². The summed E-state index contributed by atoms with van der Waals surface area (Å²) in [4.78, 5) is 3.67. The van der Waals surface area contributed by atoms with E-state index in [9.17, 15) is 13.5 Å². The number of benzene rings is 1. The Kier molecular flexibility index (Phi) is 2.66. The number of rotatable bonds is 3. The topological polar surface area (TPSA) is 76.0 Å². The van der Waals surface area contributed by atoms with Gasteiger partial charge in [-0.3, -0.25) is 0 Å². The molecule has 0 aromatic heterocycles. The molecule has 6 heteroatoms. The molecule has 0 bridgehead atoms. The van der Waals surface area contributed by atoms with Gasteiger partial charge in [-0.25, -0.2) is 13.4 Å². The fourth-order valence-corrected chi connectivity index (χ4v) is 1.99. The SMILES string of the molecule is O=S1(=O)C=CN=C1COc1ccccc1O. The molecule has 5 nitrogen and oxygen atoms in total. The predicted octanol–water partition coefficient (Wildman–Crippen LogP) is 1.07. The zero-order valence-electron chi connectivity index (χ0n) is 8.20. The summed E-state index contributed by atoms with van der Waals surface area (Å²) < 4.78 is 27.8. The van der Waals surface area contributed by atoms with Gasteiger partial charge in [0.15, 0.2) is 16.5 Å². The quantitative estimate of drug-likeness (QED) is 0.856. The maximum Gasteiger partial charge on any atom is 0.218 e. The molecule has 1 heterocycles. The summed E-state index contributed by atoms with van der Waals surface area (Å²) in [7, 11) is -3.41. The lowest BCUT2D eigenvalue weighted by molar-refractivity contribution is 0.348. The number of phenolic OH excluding ortho intramolecular Hbond substituents is 1. The number of phenols is 1. The molecule has 1 aromatic rings. The molecule has 0 amide bonds. The minimum Gasteiger partial charge on any atom is -0.504 e. The van der Waals surface area contributed by atoms with Gasteiger partial charge < -0.3 is 9.84 Å². The van der Waals surface area contributed by atoms with Crippen LogP contribution in [0.4, 0.5) is 0 Å². The molecule has 0 saturated carbocycles. The third-order valence-electron chi connectivity index (χ3n) is 2.00. The second-order valence-electron chi connectivity index (χ2n) is 3.11. The molecule has 0 fully saturated rings. The normalized spacial score (nSPS) is 17.1. The van der Waals surface area contributed by atoms with Crippen LogP contribution in [0, 0.1) is 0 Å². The first-order chi connectivity index (χ1) is 7.59. The van der Waals surface area contributed by atoms with E-state index in [1.807, 2.05) is 0 Å². The largest absolute Gasteiger partial charge is 0.504 e. The van der Waals surface area contributed by atoms with Crippen molar-refractivity contribution in [2.45, 2.75) is 0 Å². The molecular weight excluding hydrogens is 230 g/mol. The predicted molar refractivity (Wildman–Crippen MR) is 59.1 cm³/mol. The van der Waals surface area contributed by atoms with Crippen LogP contribution in [-0.2, 0) is 9.84 Å². The first-order valence-corrected chi connectivity index (χ1v) is 6.03. The van der Waals surface area contributed by atoms with Gasteiger partial charge in [-0.05, 0) is 12.1 Å². The molecule has 0 saturated heterocycles. The molecule has 0 unspecified atom stereocenters. The van der Waals surface area contributed by atoms with Gasteiger partial charge in [-0.1, -0.05) is 12.1 Å². The van der Waals surface area contributed by atoms with Crippen LogP contribution in [0.25, 0.3) is 0 Å². The summed E-state index contributed by atoms with van der Waals surface area (Å²) in [5.41, 5.74) is 0. The number of sulfone groups is 1. The maximum atomic E-state index is 11.3. The fourth-order valence-electron chi connectivity index (χ4n) is 1.18. The summed E-state index contributed by atoms with van der Waals surface area (Å²) in [6, 6.07) is 6.33. The van der Waals surface area contributed by atoms with E-state index >= 15 is 0 Å². The molecule has 16 heavy (non-hydrogen) atoms. The second-order valence-corrected chi connectivity index (χ2v) is 4.94. The highest BCUT2D eigenvalue weighted by atomic mass is 32.2. The molecule has 1 aliphatic heterocycles. The van der Waals surface area contributed by atoms with Crippen molar-refractivity contribution in [1.29, 1.82) is 0 Å². The standard InChI is InChI=1S/C10H9NO4S/c12-8-3-1-2-4-9(8)15-7-10-11-5-6-16(10,13)14/h1-6,12H,7H2. The van der Waals surface area contributed by atoms with Crippen LogP contribution in [0.5, 0.6) is 11.5 Å². The molecule has 0 aliphatic carbocycles. The lowest BCUT2D eigenvalue weighted by atomic mass is 10.3. The van der Waals surface area contributed by atoms with Crippen LogP contribution in [0.3, 0.4) is 0 Å². The first kappa shape index (κ1) is 10.7. The minimum atomic E-state index is -3.41. The highest BCUT2D eigenvalue weighted by Crippen LogP contribution is 2.24. The minimum absolute atomic E-state index is 0.0357. The Hall–Kier alpha value is -1.82. The van der Waals surface area contributed by atoms with Crippen LogP contribution in [0.2, 0.25) is 0 Å². The monoisotopic (exact) mass is 239 g/mol. The van der Waals surface area contributed by atoms with Crippen LogP contribution >= 0.6 is 0 Å². The zero-order valence-corrected chi connectivity index (χ0v) is 9.02. The fraction of sp³-hybridized carbons (Fsp3) is 0.100. The van der Waals surface area contributed by atoms with Crippen molar-refractivity contribution in [1.82, 2.24) is 0 Å². The molecule has 1 aromatic carbocycles. The van der Waals surface area contributed by atoms with Crippen molar-refractivity contribution < 1.29 is 18.3 Å². The molecule has 1 aliphatic rings. The van der Waals surface area contributed by atoms with E-state index in [0.717, 1.165) is 5.41 Å². The van der Waals surface area contributed by atoms with Gasteiger partial charge in [0.25, 0.3) is 0 Å². The molecular formula is C10H9NO4S. The number of para-hydroxylation sites is 2. The second kappa shape index (κ2) is 3.97. The van der Waals surface area contributed by atoms with Crippen molar-refractivity contribution in [3.05, 3.63) is 35.9 Å². The number of nitrogens with zero attached hydrogens (tertiary/aromatic N) is 1. The Balaban J connectivity index is 2.08. The molecule has 84 valence electrons. The molecule has 0 spiro atoms. The summed E-state index contributed by atoms with van der Waals surface area (Å²) in [5, 5.41) is 10.3. The average Bonchev–Trinajstić information content (AvgIpc) is 2.57.